The Morgan fingerprint density at radius 2 is 1.90 bits per heavy atom. The molecule has 0 bridgehead atoms. The van der Waals surface area contributed by atoms with Crippen LogP contribution in [0.25, 0.3) is 21.3 Å². The molecule has 162 valence electrons. The number of aromatic nitrogens is 2. The number of benzene rings is 1. The van der Waals surface area contributed by atoms with Gasteiger partial charge in [-0.25, -0.2) is 9.97 Å². The maximum absolute atomic E-state index is 12.0. The highest BCUT2D eigenvalue weighted by Crippen LogP contribution is 2.38. The molecule has 2 aromatic heterocycles. The third-order valence-corrected chi connectivity index (χ3v) is 7.45. The highest BCUT2D eigenvalue weighted by molar-refractivity contribution is 7.17. The zero-order valence-electron chi connectivity index (χ0n) is 17.7. The molecular weight excluding hydrogens is 406 g/mol. The smallest absolute Gasteiger partial charge is 0.222 e. The Balaban J connectivity index is 1.55. The zero-order chi connectivity index (χ0) is 21.2. The van der Waals surface area contributed by atoms with Crippen LogP contribution in [0, 0.1) is 5.92 Å². The molecule has 0 spiro atoms. The van der Waals surface area contributed by atoms with E-state index in [0.717, 1.165) is 71.9 Å². The Bertz CT molecular complexity index is 1060. The van der Waals surface area contributed by atoms with Crippen molar-refractivity contribution < 1.29 is 4.79 Å². The Morgan fingerprint density at radius 3 is 2.68 bits per heavy atom. The number of hydrogen-bond acceptors (Lipinski definition) is 6. The molecule has 2 fully saturated rings. The molecule has 1 amide bonds. The number of nitrogens with two attached hydrogens (primary N) is 1. The van der Waals surface area contributed by atoms with E-state index in [4.69, 9.17) is 15.7 Å². The van der Waals surface area contributed by atoms with Crippen molar-refractivity contribution in [2.24, 2.45) is 11.7 Å². The van der Waals surface area contributed by atoms with Crippen LogP contribution in [0.4, 0.5) is 5.82 Å². The standard InChI is InChI=1S/C24H29N5OS/c25-22(30)17-10-7-11-19(17)26-23-21-18(16-8-3-1-4-9-16)15-31-24(21)28-20(27-23)14-29-12-5-2-6-13-29/h1,3-4,8-9,15,17,19H,2,5-7,10-14H2,(H2,25,30)(H,26,27,28)/t17-,19-/m0/s1. The van der Waals surface area contributed by atoms with Gasteiger partial charge in [0.1, 0.15) is 16.5 Å². The van der Waals surface area contributed by atoms with Crippen molar-refractivity contribution in [2.45, 2.75) is 51.1 Å². The summed E-state index contributed by atoms with van der Waals surface area (Å²) >= 11 is 1.66. The lowest BCUT2D eigenvalue weighted by molar-refractivity contribution is -0.121. The van der Waals surface area contributed by atoms with Crippen molar-refractivity contribution in [1.82, 2.24) is 14.9 Å². The number of fused-ring (bicyclic) bond motifs is 1. The van der Waals surface area contributed by atoms with E-state index in [-0.39, 0.29) is 17.9 Å². The first-order valence-corrected chi connectivity index (χ1v) is 12.2. The number of rotatable bonds is 6. The SMILES string of the molecule is NC(=O)[C@H]1CCC[C@@H]1Nc1nc(CN2CCCCC2)nc2scc(-c3ccccc3)c12. The lowest BCUT2D eigenvalue weighted by Gasteiger charge is -2.26. The van der Waals surface area contributed by atoms with Gasteiger partial charge in [0.05, 0.1) is 17.8 Å². The molecule has 6 nitrogen and oxygen atoms in total. The molecule has 1 aromatic carbocycles. The molecule has 2 aliphatic rings. The Labute approximate surface area is 186 Å². The number of carbonyl (C=O) groups excluding carboxylic acids is 1. The number of primary amides is 1. The number of carbonyl (C=O) groups is 1. The number of piperidine rings is 1. The maximum Gasteiger partial charge on any atom is 0.222 e. The Hall–Kier alpha value is -2.51. The Morgan fingerprint density at radius 1 is 1.10 bits per heavy atom. The molecule has 0 radical (unpaired) electrons. The molecule has 1 saturated heterocycles. The third kappa shape index (κ3) is 4.29. The summed E-state index contributed by atoms with van der Waals surface area (Å²) in [7, 11) is 0. The normalized spacial score (nSPS) is 22.1. The predicted molar refractivity (Wildman–Crippen MR) is 126 cm³/mol. The van der Waals surface area contributed by atoms with Crippen molar-refractivity contribution in [1.29, 1.82) is 0 Å². The quantitative estimate of drug-likeness (QED) is 0.599. The van der Waals surface area contributed by atoms with Gasteiger partial charge < -0.3 is 11.1 Å². The summed E-state index contributed by atoms with van der Waals surface area (Å²) in [6.45, 7) is 2.99. The second-order valence-corrected chi connectivity index (χ2v) is 9.57. The number of amides is 1. The molecule has 5 rings (SSSR count). The minimum absolute atomic E-state index is 0.0296. The molecule has 2 atom stereocenters. The van der Waals surface area contributed by atoms with Gasteiger partial charge in [0.15, 0.2) is 0 Å². The van der Waals surface area contributed by atoms with E-state index in [1.165, 1.54) is 19.3 Å². The number of likely N-dealkylation sites (tertiary alicyclic amines) is 1. The highest BCUT2D eigenvalue weighted by Gasteiger charge is 2.32. The van der Waals surface area contributed by atoms with Gasteiger partial charge in [-0.1, -0.05) is 43.2 Å². The van der Waals surface area contributed by atoms with E-state index >= 15 is 0 Å². The number of hydrogen-bond donors (Lipinski definition) is 2. The summed E-state index contributed by atoms with van der Waals surface area (Å²) in [6.07, 6.45) is 6.59. The average molecular weight is 436 g/mol. The number of anilines is 1. The predicted octanol–water partition coefficient (Wildman–Crippen LogP) is 4.41. The minimum atomic E-state index is -0.220. The van der Waals surface area contributed by atoms with Crippen LogP contribution in [-0.4, -0.2) is 39.9 Å². The number of thiophene rings is 1. The largest absolute Gasteiger partial charge is 0.369 e. The maximum atomic E-state index is 12.0. The summed E-state index contributed by atoms with van der Waals surface area (Å²) in [5.41, 5.74) is 7.99. The fourth-order valence-corrected chi connectivity index (χ4v) is 5.92. The van der Waals surface area contributed by atoms with Gasteiger partial charge in [-0.2, -0.15) is 0 Å². The first kappa shape index (κ1) is 20.4. The molecule has 0 unspecified atom stereocenters. The van der Waals surface area contributed by atoms with E-state index in [2.05, 4.69) is 39.9 Å². The zero-order valence-corrected chi connectivity index (χ0v) is 18.5. The van der Waals surface area contributed by atoms with Crippen LogP contribution < -0.4 is 11.1 Å². The van der Waals surface area contributed by atoms with E-state index in [9.17, 15) is 4.79 Å². The van der Waals surface area contributed by atoms with Crippen LogP contribution in [0.3, 0.4) is 0 Å². The summed E-state index contributed by atoms with van der Waals surface area (Å²) in [5.74, 6) is 1.33. The molecule has 3 aromatic rings. The molecule has 1 aliphatic carbocycles. The van der Waals surface area contributed by atoms with Gasteiger partial charge in [-0.05, 0) is 44.3 Å². The van der Waals surface area contributed by atoms with Crippen molar-refractivity contribution in [3.63, 3.8) is 0 Å². The van der Waals surface area contributed by atoms with Crippen molar-refractivity contribution in [3.05, 3.63) is 41.5 Å². The van der Waals surface area contributed by atoms with Crippen LogP contribution in [0.1, 0.15) is 44.3 Å². The molecule has 1 saturated carbocycles. The van der Waals surface area contributed by atoms with E-state index < -0.39 is 0 Å². The van der Waals surface area contributed by atoms with Crippen LogP contribution >= 0.6 is 11.3 Å². The van der Waals surface area contributed by atoms with Crippen molar-refractivity contribution in [2.75, 3.05) is 18.4 Å². The first-order chi connectivity index (χ1) is 15.2. The number of nitrogens with zero attached hydrogens (tertiary/aromatic N) is 3. The van der Waals surface area contributed by atoms with Crippen molar-refractivity contribution >= 4 is 33.3 Å². The van der Waals surface area contributed by atoms with Gasteiger partial charge in [0, 0.05) is 17.0 Å². The third-order valence-electron chi connectivity index (χ3n) is 6.58. The Kier molecular flexibility index (Phi) is 5.87. The second kappa shape index (κ2) is 8.93. The molecule has 3 N–H and O–H groups in total. The van der Waals surface area contributed by atoms with Crippen LogP contribution in [-0.2, 0) is 11.3 Å². The monoisotopic (exact) mass is 435 g/mol. The van der Waals surface area contributed by atoms with Gasteiger partial charge in [0.2, 0.25) is 5.91 Å². The fourth-order valence-electron chi connectivity index (χ4n) is 4.96. The van der Waals surface area contributed by atoms with E-state index in [0.29, 0.717) is 0 Å². The molecule has 7 heteroatoms. The van der Waals surface area contributed by atoms with Crippen LogP contribution in [0.2, 0.25) is 0 Å². The van der Waals surface area contributed by atoms with Crippen molar-refractivity contribution in [3.8, 4) is 11.1 Å². The number of nitrogens with one attached hydrogen (secondary N) is 1. The summed E-state index contributed by atoms with van der Waals surface area (Å²) in [6, 6.07) is 10.4. The molecular formula is C24H29N5OS. The second-order valence-electron chi connectivity index (χ2n) is 8.71. The molecule has 31 heavy (non-hydrogen) atoms. The van der Waals surface area contributed by atoms with Gasteiger partial charge >= 0.3 is 0 Å². The highest BCUT2D eigenvalue weighted by atomic mass is 32.1. The van der Waals surface area contributed by atoms with Gasteiger partial charge in [-0.3, -0.25) is 9.69 Å². The average Bonchev–Trinajstić information content (AvgIpc) is 3.42. The molecule has 1 aliphatic heterocycles. The van der Waals surface area contributed by atoms with Crippen LogP contribution in [0.5, 0.6) is 0 Å². The van der Waals surface area contributed by atoms with Gasteiger partial charge in [0.25, 0.3) is 0 Å². The van der Waals surface area contributed by atoms with E-state index in [1.54, 1.807) is 11.3 Å². The molecule has 3 heterocycles. The van der Waals surface area contributed by atoms with Gasteiger partial charge in [-0.15, -0.1) is 11.3 Å². The summed E-state index contributed by atoms with van der Waals surface area (Å²) in [4.78, 5) is 25.4. The first-order valence-electron chi connectivity index (χ1n) is 11.3. The minimum Gasteiger partial charge on any atom is -0.369 e. The fraction of sp³-hybridized carbons (Fsp3) is 0.458. The topological polar surface area (TPSA) is 84.1 Å². The lowest BCUT2D eigenvalue weighted by atomic mass is 10.0. The lowest BCUT2D eigenvalue weighted by Crippen LogP contribution is -2.34. The van der Waals surface area contributed by atoms with Crippen LogP contribution in [0.15, 0.2) is 35.7 Å². The summed E-state index contributed by atoms with van der Waals surface area (Å²) < 4.78 is 0. The van der Waals surface area contributed by atoms with E-state index in [1.807, 2.05) is 6.07 Å². The summed E-state index contributed by atoms with van der Waals surface area (Å²) in [5, 5.41) is 6.85.